The van der Waals surface area contributed by atoms with Crippen molar-refractivity contribution >= 4 is 11.8 Å². The number of methoxy groups -OCH3 is 1. The molecule has 7 nitrogen and oxygen atoms in total. The van der Waals surface area contributed by atoms with E-state index in [9.17, 15) is 9.59 Å². The summed E-state index contributed by atoms with van der Waals surface area (Å²) in [6, 6.07) is 12.9. The molecule has 2 aromatic rings. The Morgan fingerprint density at radius 2 is 1.73 bits per heavy atom. The minimum atomic E-state index is -0.179. The van der Waals surface area contributed by atoms with Crippen molar-refractivity contribution in [2.75, 3.05) is 26.7 Å². The van der Waals surface area contributed by atoms with Gasteiger partial charge in [-0.05, 0) is 56.7 Å². The third-order valence-electron chi connectivity index (χ3n) is 7.48. The SMILES string of the molecule is CCCN1CCCCCCCN(C(=O)c2cccc(OC)n2)[C@@H]2CCCC[C@@H]2Oc2ccccc2C1=O. The molecule has 2 amide bonds. The minimum absolute atomic E-state index is 0.0354. The van der Waals surface area contributed by atoms with Crippen LogP contribution in [0.15, 0.2) is 42.5 Å². The first-order valence-electron chi connectivity index (χ1n) is 14.0. The summed E-state index contributed by atoms with van der Waals surface area (Å²) in [5.74, 6) is 1.01. The molecule has 0 spiro atoms. The summed E-state index contributed by atoms with van der Waals surface area (Å²) < 4.78 is 11.9. The normalized spacial score (nSPS) is 21.6. The molecular weight excluding hydrogens is 466 g/mol. The first-order chi connectivity index (χ1) is 18.1. The average Bonchev–Trinajstić information content (AvgIpc) is 2.94. The van der Waals surface area contributed by atoms with E-state index in [4.69, 9.17) is 9.47 Å². The Kier molecular flexibility index (Phi) is 9.80. The molecule has 4 rings (SSSR count). The fourth-order valence-electron chi connectivity index (χ4n) is 5.56. The van der Waals surface area contributed by atoms with Gasteiger partial charge in [-0.1, -0.05) is 50.8 Å². The number of pyridine rings is 1. The lowest BCUT2D eigenvalue weighted by Crippen LogP contribution is -2.51. The van der Waals surface area contributed by atoms with Gasteiger partial charge in [-0.2, -0.15) is 0 Å². The van der Waals surface area contributed by atoms with Gasteiger partial charge >= 0.3 is 0 Å². The van der Waals surface area contributed by atoms with Crippen LogP contribution in [-0.4, -0.2) is 65.5 Å². The van der Waals surface area contributed by atoms with Gasteiger partial charge < -0.3 is 19.3 Å². The minimum Gasteiger partial charge on any atom is -0.487 e. The van der Waals surface area contributed by atoms with E-state index >= 15 is 0 Å². The maximum absolute atomic E-state index is 13.8. The molecule has 37 heavy (non-hydrogen) atoms. The van der Waals surface area contributed by atoms with E-state index in [0.29, 0.717) is 29.4 Å². The average molecular weight is 508 g/mol. The summed E-state index contributed by atoms with van der Waals surface area (Å²) in [6.07, 6.45) is 9.69. The van der Waals surface area contributed by atoms with Crippen molar-refractivity contribution < 1.29 is 19.1 Å². The molecule has 0 saturated heterocycles. The quantitative estimate of drug-likeness (QED) is 0.528. The lowest BCUT2D eigenvalue weighted by Gasteiger charge is -2.40. The van der Waals surface area contributed by atoms with Gasteiger partial charge in [-0.3, -0.25) is 9.59 Å². The van der Waals surface area contributed by atoms with E-state index in [1.807, 2.05) is 40.1 Å². The number of rotatable bonds is 4. The predicted octanol–water partition coefficient (Wildman–Crippen LogP) is 5.74. The van der Waals surface area contributed by atoms with Crippen LogP contribution in [0, 0.1) is 0 Å². The maximum atomic E-state index is 13.8. The zero-order valence-corrected chi connectivity index (χ0v) is 22.4. The van der Waals surface area contributed by atoms with E-state index in [1.165, 1.54) is 0 Å². The molecule has 1 fully saturated rings. The molecule has 1 aromatic heterocycles. The number of ether oxygens (including phenoxy) is 2. The smallest absolute Gasteiger partial charge is 0.272 e. The van der Waals surface area contributed by atoms with Crippen LogP contribution in [0.5, 0.6) is 11.6 Å². The molecule has 0 N–H and O–H groups in total. The number of carbonyl (C=O) groups is 2. The number of hydrogen-bond acceptors (Lipinski definition) is 5. The van der Waals surface area contributed by atoms with Crippen molar-refractivity contribution in [3.05, 3.63) is 53.7 Å². The van der Waals surface area contributed by atoms with E-state index in [1.54, 1.807) is 19.2 Å². The van der Waals surface area contributed by atoms with Crippen molar-refractivity contribution in [3.63, 3.8) is 0 Å². The van der Waals surface area contributed by atoms with E-state index < -0.39 is 0 Å². The molecule has 2 atom stereocenters. The van der Waals surface area contributed by atoms with Gasteiger partial charge in [0.1, 0.15) is 17.5 Å². The van der Waals surface area contributed by atoms with Crippen LogP contribution in [-0.2, 0) is 0 Å². The standard InChI is InChI=1S/C30H41N3O4/c1-3-20-32-21-11-5-4-6-12-22-33(30(35)24-15-13-19-28(31-24)36-2)25-16-8-10-18-27(25)37-26-17-9-7-14-23(26)29(32)34/h7,9,13-15,17,19,25,27H,3-6,8,10-12,16,18,20-22H2,1-2H3/t25-,27+/m1/s1. The summed E-state index contributed by atoms with van der Waals surface area (Å²) >= 11 is 0. The number of benzene rings is 1. The van der Waals surface area contributed by atoms with Crippen LogP contribution >= 0.6 is 0 Å². The number of aromatic nitrogens is 1. The number of amides is 2. The van der Waals surface area contributed by atoms with Crippen molar-refractivity contribution in [3.8, 4) is 11.6 Å². The van der Waals surface area contributed by atoms with E-state index in [-0.39, 0.29) is 24.0 Å². The highest BCUT2D eigenvalue weighted by molar-refractivity contribution is 5.97. The number of fused-ring (bicyclic) bond motifs is 2. The summed E-state index contributed by atoms with van der Waals surface area (Å²) in [4.78, 5) is 35.8. The lowest BCUT2D eigenvalue weighted by molar-refractivity contribution is 0.0265. The second kappa shape index (κ2) is 13.5. The van der Waals surface area contributed by atoms with Gasteiger partial charge in [-0.15, -0.1) is 0 Å². The maximum Gasteiger partial charge on any atom is 0.272 e. The van der Waals surface area contributed by atoms with Crippen LogP contribution in [0.1, 0.15) is 92.0 Å². The summed E-state index contributed by atoms with van der Waals surface area (Å²) in [5, 5.41) is 0. The number of carbonyl (C=O) groups excluding carboxylic acids is 2. The zero-order chi connectivity index (χ0) is 26.0. The molecule has 2 heterocycles. The lowest BCUT2D eigenvalue weighted by atomic mass is 9.90. The molecule has 1 saturated carbocycles. The van der Waals surface area contributed by atoms with Gasteiger partial charge in [0, 0.05) is 25.7 Å². The van der Waals surface area contributed by atoms with Crippen molar-refractivity contribution in [1.29, 1.82) is 0 Å². The van der Waals surface area contributed by atoms with Crippen molar-refractivity contribution in [2.24, 2.45) is 0 Å². The first kappa shape index (κ1) is 27.0. The molecule has 0 radical (unpaired) electrons. The second-order valence-corrected chi connectivity index (χ2v) is 10.1. The van der Waals surface area contributed by atoms with Crippen molar-refractivity contribution in [1.82, 2.24) is 14.8 Å². The number of nitrogens with zero attached hydrogens (tertiary/aromatic N) is 3. The summed E-state index contributed by atoms with van der Waals surface area (Å²) in [6.45, 7) is 4.29. The molecular formula is C30H41N3O4. The molecule has 1 aromatic carbocycles. The van der Waals surface area contributed by atoms with Crippen molar-refractivity contribution in [2.45, 2.75) is 83.3 Å². The first-order valence-corrected chi connectivity index (χ1v) is 14.0. The third kappa shape index (κ3) is 6.82. The molecule has 0 bridgehead atoms. The zero-order valence-electron chi connectivity index (χ0n) is 22.4. The number of hydrogen-bond donors (Lipinski definition) is 0. The topological polar surface area (TPSA) is 72.0 Å². The van der Waals surface area contributed by atoms with Gasteiger partial charge in [-0.25, -0.2) is 4.98 Å². The highest BCUT2D eigenvalue weighted by atomic mass is 16.5. The molecule has 2 aliphatic rings. The van der Waals surface area contributed by atoms with E-state index in [0.717, 1.165) is 77.3 Å². The Balaban J connectivity index is 1.67. The molecule has 1 aliphatic carbocycles. The van der Waals surface area contributed by atoms with Crippen LogP contribution in [0.2, 0.25) is 0 Å². The third-order valence-corrected chi connectivity index (χ3v) is 7.48. The molecule has 7 heteroatoms. The second-order valence-electron chi connectivity index (χ2n) is 10.1. The molecule has 1 aliphatic heterocycles. The van der Waals surface area contributed by atoms with Gasteiger partial charge in [0.15, 0.2) is 0 Å². The van der Waals surface area contributed by atoms with E-state index in [2.05, 4.69) is 11.9 Å². The van der Waals surface area contributed by atoms with Gasteiger partial charge in [0.25, 0.3) is 11.8 Å². The Hall–Kier alpha value is -3.09. The van der Waals surface area contributed by atoms with Crippen LogP contribution in [0.25, 0.3) is 0 Å². The fraction of sp³-hybridized carbons (Fsp3) is 0.567. The molecule has 200 valence electrons. The highest BCUT2D eigenvalue weighted by Gasteiger charge is 2.36. The predicted molar refractivity (Wildman–Crippen MR) is 144 cm³/mol. The summed E-state index contributed by atoms with van der Waals surface area (Å²) in [7, 11) is 1.56. The Bertz CT molecular complexity index is 1040. The fourth-order valence-corrected chi connectivity index (χ4v) is 5.56. The van der Waals surface area contributed by atoms with Gasteiger partial charge in [0.05, 0.1) is 18.7 Å². The Labute approximate surface area is 221 Å². The van der Waals surface area contributed by atoms with Crippen LogP contribution < -0.4 is 9.47 Å². The largest absolute Gasteiger partial charge is 0.487 e. The van der Waals surface area contributed by atoms with Crippen LogP contribution in [0.4, 0.5) is 0 Å². The van der Waals surface area contributed by atoms with Crippen LogP contribution in [0.3, 0.4) is 0 Å². The molecule has 0 unspecified atom stereocenters. The number of para-hydroxylation sites is 1. The summed E-state index contributed by atoms with van der Waals surface area (Å²) in [5.41, 5.74) is 1.01. The Morgan fingerprint density at radius 1 is 0.973 bits per heavy atom. The monoisotopic (exact) mass is 507 g/mol. The highest BCUT2D eigenvalue weighted by Crippen LogP contribution is 2.31. The van der Waals surface area contributed by atoms with Gasteiger partial charge in [0.2, 0.25) is 5.88 Å². The Morgan fingerprint density at radius 3 is 2.54 bits per heavy atom.